The molecule has 95 heavy (non-hydrogen) atoms. The maximum atomic E-state index is 13.4. The van der Waals surface area contributed by atoms with Gasteiger partial charge in [0.2, 0.25) is 5.91 Å². The van der Waals surface area contributed by atoms with Crippen molar-refractivity contribution in [3.05, 3.63) is 48.6 Å². The number of allylic oxidation sites excluding steroid dienone is 7. The molecule has 0 aromatic carbocycles. The van der Waals surface area contributed by atoms with Crippen molar-refractivity contribution in [1.29, 1.82) is 0 Å². The fourth-order valence-corrected chi connectivity index (χ4v) is 12.9. The number of aliphatic hydroxyl groups is 11. The third-order valence-corrected chi connectivity index (χ3v) is 19.1. The molecule has 556 valence electrons. The highest BCUT2D eigenvalue weighted by Gasteiger charge is 2.53. The Morgan fingerprint density at radius 3 is 1.12 bits per heavy atom. The minimum absolute atomic E-state index is 0.235. The Balaban J connectivity index is 1.42. The number of hydrogen-bond acceptors (Lipinski definition) is 18. The van der Waals surface area contributed by atoms with E-state index in [1.807, 2.05) is 6.08 Å². The van der Waals surface area contributed by atoms with E-state index in [1.165, 1.54) is 218 Å². The van der Waals surface area contributed by atoms with E-state index in [4.69, 9.17) is 28.4 Å². The summed E-state index contributed by atoms with van der Waals surface area (Å²) in [7, 11) is 0. The number of hydrogen-bond donors (Lipinski definition) is 12. The lowest BCUT2D eigenvalue weighted by Crippen LogP contribution is -2.66. The van der Waals surface area contributed by atoms with Crippen LogP contribution in [0.25, 0.3) is 0 Å². The molecule has 0 saturated carbocycles. The van der Waals surface area contributed by atoms with E-state index in [2.05, 4.69) is 55.6 Å². The van der Waals surface area contributed by atoms with Crippen LogP contribution >= 0.6 is 0 Å². The maximum absolute atomic E-state index is 13.4. The molecule has 3 aliphatic rings. The summed E-state index contributed by atoms with van der Waals surface area (Å²) in [6.45, 7) is 1.74. The Bertz CT molecular complexity index is 1910. The summed E-state index contributed by atoms with van der Waals surface area (Å²) < 4.78 is 34.4. The number of amides is 1. The molecule has 17 unspecified atom stereocenters. The highest BCUT2D eigenvalue weighted by Crippen LogP contribution is 2.33. The molecule has 0 radical (unpaired) electrons. The zero-order valence-electron chi connectivity index (χ0n) is 59.2. The summed E-state index contributed by atoms with van der Waals surface area (Å²) in [6.07, 6.45) is 43.8. The van der Waals surface area contributed by atoms with Crippen molar-refractivity contribution in [2.24, 2.45) is 0 Å². The smallest absolute Gasteiger partial charge is 0.220 e. The van der Waals surface area contributed by atoms with Crippen molar-refractivity contribution in [3.8, 4) is 0 Å². The second-order valence-electron chi connectivity index (χ2n) is 27.5. The van der Waals surface area contributed by atoms with Crippen LogP contribution in [0.4, 0.5) is 0 Å². The van der Waals surface area contributed by atoms with Crippen molar-refractivity contribution in [3.63, 3.8) is 0 Å². The van der Waals surface area contributed by atoms with Gasteiger partial charge in [0.25, 0.3) is 0 Å². The molecule has 3 heterocycles. The fraction of sp³-hybridized carbons (Fsp3) is 0.882. The summed E-state index contributed by atoms with van der Waals surface area (Å²) in [4.78, 5) is 13.4. The van der Waals surface area contributed by atoms with Crippen molar-refractivity contribution >= 4 is 5.91 Å². The predicted molar refractivity (Wildman–Crippen MR) is 374 cm³/mol. The van der Waals surface area contributed by atoms with Gasteiger partial charge >= 0.3 is 0 Å². The number of carbonyl (C=O) groups is 1. The highest BCUT2D eigenvalue weighted by molar-refractivity contribution is 5.76. The van der Waals surface area contributed by atoms with Gasteiger partial charge in [0.1, 0.15) is 73.2 Å². The largest absolute Gasteiger partial charge is 0.394 e. The van der Waals surface area contributed by atoms with Crippen molar-refractivity contribution in [2.75, 3.05) is 26.4 Å². The minimum Gasteiger partial charge on any atom is -0.394 e. The summed E-state index contributed by atoms with van der Waals surface area (Å²) in [5, 5.41) is 121. The molecule has 19 heteroatoms. The summed E-state index contributed by atoms with van der Waals surface area (Å²) in [5.74, 6) is -0.283. The van der Waals surface area contributed by atoms with Crippen LogP contribution in [-0.4, -0.2) is 193 Å². The average Bonchev–Trinajstić information content (AvgIpc) is 0.787. The van der Waals surface area contributed by atoms with Crippen LogP contribution in [0.15, 0.2) is 48.6 Å². The molecule has 12 N–H and O–H groups in total. The molecule has 3 aliphatic heterocycles. The van der Waals surface area contributed by atoms with Gasteiger partial charge < -0.3 is 89.9 Å². The SMILES string of the molecule is CCCCCCC/C=C\C/C=C\CCCCCCCCCCCCCCCC(=O)NC(COC1OC(CO)C(OC2OC(CO)C(OC3OC(CO)C(O)C(O)C3O)C(O)C2O)C(O)C1O)C(O)/C=C/CC/C=C/CCCCCCCCCCCCCCCCCCCCC. The Hall–Kier alpha value is -2.25. The van der Waals surface area contributed by atoms with Crippen LogP contribution in [0.3, 0.4) is 0 Å². The second kappa shape index (κ2) is 57.4. The molecule has 0 bridgehead atoms. The zero-order chi connectivity index (χ0) is 68.9. The molecule has 0 aromatic rings. The number of ether oxygens (including phenoxy) is 6. The first-order valence-corrected chi connectivity index (χ1v) is 38.4. The molecular formula is C76H139NO18. The van der Waals surface area contributed by atoms with Crippen molar-refractivity contribution in [2.45, 2.75) is 401 Å². The van der Waals surface area contributed by atoms with Crippen LogP contribution in [0.1, 0.15) is 296 Å². The van der Waals surface area contributed by atoms with Gasteiger partial charge in [0.15, 0.2) is 18.9 Å². The van der Waals surface area contributed by atoms with Gasteiger partial charge in [0, 0.05) is 6.42 Å². The van der Waals surface area contributed by atoms with E-state index in [-0.39, 0.29) is 18.9 Å². The van der Waals surface area contributed by atoms with Gasteiger partial charge in [-0.2, -0.15) is 0 Å². The van der Waals surface area contributed by atoms with Crippen molar-refractivity contribution < 1.29 is 89.4 Å². The number of unbranched alkanes of at least 4 members (excludes halogenated alkanes) is 38. The number of aliphatic hydroxyl groups excluding tert-OH is 11. The predicted octanol–water partition coefficient (Wildman–Crippen LogP) is 11.7. The van der Waals surface area contributed by atoms with Crippen LogP contribution in [-0.2, 0) is 33.2 Å². The molecule has 0 aliphatic carbocycles. The summed E-state index contributed by atoms with van der Waals surface area (Å²) in [5.41, 5.74) is 0. The van der Waals surface area contributed by atoms with Gasteiger partial charge in [-0.05, 0) is 64.2 Å². The zero-order valence-corrected chi connectivity index (χ0v) is 59.2. The van der Waals surface area contributed by atoms with E-state index >= 15 is 0 Å². The number of rotatable bonds is 60. The average molecular weight is 1350 g/mol. The topological polar surface area (TPSA) is 307 Å². The van der Waals surface area contributed by atoms with Gasteiger partial charge in [-0.15, -0.1) is 0 Å². The van der Waals surface area contributed by atoms with E-state index < -0.39 is 124 Å². The lowest BCUT2D eigenvalue weighted by molar-refractivity contribution is -0.379. The summed E-state index contributed by atoms with van der Waals surface area (Å²) in [6, 6.07) is -0.992. The van der Waals surface area contributed by atoms with E-state index in [1.54, 1.807) is 6.08 Å². The third kappa shape index (κ3) is 38.4. The van der Waals surface area contributed by atoms with E-state index in [9.17, 15) is 61.0 Å². The lowest BCUT2D eigenvalue weighted by atomic mass is 9.96. The molecule has 0 aromatic heterocycles. The highest BCUT2D eigenvalue weighted by atomic mass is 16.8. The number of nitrogens with one attached hydrogen (secondary N) is 1. The van der Waals surface area contributed by atoms with Gasteiger partial charge in [-0.3, -0.25) is 4.79 Å². The Labute approximate surface area is 573 Å². The first-order chi connectivity index (χ1) is 46.3. The molecule has 19 nitrogen and oxygen atoms in total. The van der Waals surface area contributed by atoms with E-state index in [0.29, 0.717) is 12.8 Å². The standard InChI is InChI=1S/C76H139NO18/c1-3-5-7-9-11-13-15-17-19-21-23-25-27-29-31-33-35-37-39-41-43-45-47-49-51-53-60(81)59(77-64(82)54-52-50-48-46-44-42-40-38-36-34-32-30-28-26-24-22-20-18-16-14-12-10-8-6-4-2)58-90-74-70(88)67(85)72(62(56-79)92-74)95-76-71(89)68(86)73(63(57-80)93-76)94-75-69(87)66(84)65(83)61(55-78)91-75/h16,18,22,24,43,45,51,53,59-63,65-76,78-81,83-89H,3-15,17,19-21,23,25-42,44,46-50,52,54-58H2,1-2H3,(H,77,82)/b18-16-,24-22-,45-43+,53-51+. The van der Waals surface area contributed by atoms with Gasteiger partial charge in [-0.25, -0.2) is 0 Å². The second-order valence-corrected chi connectivity index (χ2v) is 27.5. The van der Waals surface area contributed by atoms with Crippen molar-refractivity contribution in [1.82, 2.24) is 5.32 Å². The van der Waals surface area contributed by atoms with Gasteiger partial charge in [0.05, 0.1) is 38.6 Å². The molecule has 3 saturated heterocycles. The molecule has 1 amide bonds. The molecule has 3 fully saturated rings. The van der Waals surface area contributed by atoms with Crippen LogP contribution in [0.2, 0.25) is 0 Å². The first kappa shape index (κ1) is 87.0. The first-order valence-electron chi connectivity index (χ1n) is 38.4. The minimum atomic E-state index is -1.98. The number of carbonyl (C=O) groups excluding carboxylic acids is 1. The Kier molecular flexibility index (Phi) is 52.5. The van der Waals surface area contributed by atoms with Gasteiger partial charge in [-0.1, -0.05) is 274 Å². The Morgan fingerprint density at radius 1 is 0.379 bits per heavy atom. The van der Waals surface area contributed by atoms with Crippen LogP contribution in [0, 0.1) is 0 Å². The molecule has 0 spiro atoms. The third-order valence-electron chi connectivity index (χ3n) is 19.1. The fourth-order valence-electron chi connectivity index (χ4n) is 12.9. The quantitative estimate of drug-likeness (QED) is 0.0199. The van der Waals surface area contributed by atoms with Crippen LogP contribution in [0.5, 0.6) is 0 Å². The maximum Gasteiger partial charge on any atom is 0.220 e. The summed E-state index contributed by atoms with van der Waals surface area (Å²) >= 11 is 0. The Morgan fingerprint density at radius 2 is 0.705 bits per heavy atom. The van der Waals surface area contributed by atoms with E-state index in [0.717, 1.165) is 44.9 Å². The molecular weight excluding hydrogens is 1210 g/mol. The molecule has 17 atom stereocenters. The lowest BCUT2D eigenvalue weighted by Gasteiger charge is -2.48. The monoisotopic (exact) mass is 1350 g/mol. The normalized spacial score (nSPS) is 27.4. The van der Waals surface area contributed by atoms with Crippen LogP contribution < -0.4 is 5.32 Å². The molecule has 3 rings (SSSR count).